The lowest BCUT2D eigenvalue weighted by Crippen LogP contribution is -1.92. The zero-order valence-electron chi connectivity index (χ0n) is 52.6. The van der Waals surface area contributed by atoms with E-state index in [1.807, 2.05) is 0 Å². The molecule has 0 heteroatoms. The fraction of sp³-hybridized carbons (Fsp3) is 0.0105. The second kappa shape index (κ2) is 23.2. The quantitative estimate of drug-likeness (QED) is 0.140. The molecule has 19 rings (SSSR count). The molecule has 0 aliphatic rings. The van der Waals surface area contributed by atoms with Gasteiger partial charge in [-0.2, -0.15) is 0 Å². The van der Waals surface area contributed by atoms with Crippen LogP contribution in [-0.2, 0) is 0 Å². The highest BCUT2D eigenvalue weighted by Crippen LogP contribution is 2.50. The summed E-state index contributed by atoms with van der Waals surface area (Å²) in [6, 6.07) is 132. The molecule has 0 aromatic heterocycles. The average molecular weight is 1200 g/mol. The molecule has 0 atom stereocenters. The fourth-order valence-electron chi connectivity index (χ4n) is 15.6. The second-order valence-corrected chi connectivity index (χ2v) is 25.4. The van der Waals surface area contributed by atoms with Crippen molar-refractivity contribution in [1.29, 1.82) is 0 Å². The predicted molar refractivity (Wildman–Crippen MR) is 411 cm³/mol. The van der Waals surface area contributed by atoms with Gasteiger partial charge in [-0.1, -0.05) is 345 Å². The van der Waals surface area contributed by atoms with Crippen molar-refractivity contribution >= 4 is 108 Å². The molecule has 95 heavy (non-hydrogen) atoms. The van der Waals surface area contributed by atoms with Crippen molar-refractivity contribution in [3.63, 3.8) is 0 Å². The van der Waals surface area contributed by atoms with Crippen LogP contribution in [0.2, 0.25) is 0 Å². The first-order valence-electron chi connectivity index (χ1n) is 33.0. The van der Waals surface area contributed by atoms with E-state index in [1.165, 1.54) is 191 Å². The van der Waals surface area contributed by atoms with Crippen LogP contribution in [0.25, 0.3) is 186 Å². The van der Waals surface area contributed by atoms with Crippen LogP contribution in [0.5, 0.6) is 0 Å². The molecule has 0 N–H and O–H groups in total. The smallest absolute Gasteiger partial charge is 0.00201 e. The Balaban J connectivity index is 0.000000178. The molecule has 0 saturated carbocycles. The van der Waals surface area contributed by atoms with Gasteiger partial charge in [0.15, 0.2) is 0 Å². The Kier molecular flexibility index (Phi) is 13.6. The molecular formula is C95H62. The van der Waals surface area contributed by atoms with Gasteiger partial charge in [0.25, 0.3) is 0 Å². The summed E-state index contributed by atoms with van der Waals surface area (Å²) in [6.07, 6.45) is 0. The van der Waals surface area contributed by atoms with Gasteiger partial charge in [-0.3, -0.25) is 0 Å². The van der Waals surface area contributed by atoms with E-state index in [0.717, 1.165) is 0 Å². The van der Waals surface area contributed by atoms with E-state index in [2.05, 4.69) is 365 Å². The molecular weight excluding hydrogens is 1140 g/mol. The normalized spacial score (nSPS) is 11.6. The van der Waals surface area contributed by atoms with E-state index >= 15 is 0 Å². The van der Waals surface area contributed by atoms with Gasteiger partial charge in [-0.05, 0) is 211 Å². The van der Waals surface area contributed by atoms with Crippen molar-refractivity contribution in [3.05, 3.63) is 363 Å². The van der Waals surface area contributed by atoms with Crippen molar-refractivity contribution in [1.82, 2.24) is 0 Å². The standard InChI is InChI=1S/C64H40.C31H22/c1-3-17-46-38-49(34-30-41(46)14-1)62-53-21-7-8-22-54(53)63(50-35-31-42-15-2-4-18-47(42)39-50)60-40-48(36-37-59(60)62)43-28-32-45(33-29-43)61-55-23-9-11-25-57(55)64(58-26-12-10-24-56(58)61)52-27-13-19-44-16-5-6-20-51(44)52;1-21-17-19-23(20-18-21)30-26-12-4-6-14-28(26)31(29-15-7-5-13-27(29)30)25-16-8-10-22-9-2-3-11-24(22)25/h1-40H;2-20H,1H3. The van der Waals surface area contributed by atoms with Crippen molar-refractivity contribution < 1.29 is 0 Å². The fourth-order valence-corrected chi connectivity index (χ4v) is 15.6. The van der Waals surface area contributed by atoms with Gasteiger partial charge in [0.2, 0.25) is 0 Å². The molecule has 0 nitrogen and oxygen atoms in total. The Bertz CT molecular complexity index is 6140. The molecule has 0 aliphatic heterocycles. The topological polar surface area (TPSA) is 0 Å². The van der Waals surface area contributed by atoms with Crippen molar-refractivity contribution in [3.8, 4) is 77.9 Å². The third kappa shape index (κ3) is 9.52. The summed E-state index contributed by atoms with van der Waals surface area (Å²) in [4.78, 5) is 0. The monoisotopic (exact) mass is 1200 g/mol. The molecule has 19 aromatic carbocycles. The van der Waals surface area contributed by atoms with Crippen LogP contribution in [0, 0.1) is 6.92 Å². The maximum Gasteiger partial charge on any atom is -0.00201 e. The van der Waals surface area contributed by atoms with E-state index in [0.29, 0.717) is 0 Å². The van der Waals surface area contributed by atoms with Crippen molar-refractivity contribution in [2.24, 2.45) is 0 Å². The minimum atomic E-state index is 1.19. The van der Waals surface area contributed by atoms with Gasteiger partial charge < -0.3 is 0 Å². The minimum Gasteiger partial charge on any atom is -0.0616 e. The highest BCUT2D eigenvalue weighted by molar-refractivity contribution is 6.26. The molecule has 0 bridgehead atoms. The lowest BCUT2D eigenvalue weighted by Gasteiger charge is -2.20. The minimum absolute atomic E-state index is 1.19. The summed E-state index contributed by atoms with van der Waals surface area (Å²) in [5, 5.41) is 25.3. The Morgan fingerprint density at radius 2 is 0.400 bits per heavy atom. The molecule has 0 heterocycles. The van der Waals surface area contributed by atoms with Crippen LogP contribution in [0.4, 0.5) is 0 Å². The summed E-state index contributed by atoms with van der Waals surface area (Å²) in [6.45, 7) is 2.14. The van der Waals surface area contributed by atoms with Crippen molar-refractivity contribution in [2.75, 3.05) is 0 Å². The first-order valence-corrected chi connectivity index (χ1v) is 33.0. The molecule has 0 amide bonds. The first-order chi connectivity index (χ1) is 47.1. The van der Waals surface area contributed by atoms with Crippen LogP contribution >= 0.6 is 0 Å². The van der Waals surface area contributed by atoms with E-state index in [1.54, 1.807) is 0 Å². The van der Waals surface area contributed by atoms with Gasteiger partial charge in [-0.25, -0.2) is 0 Å². The van der Waals surface area contributed by atoms with E-state index in [9.17, 15) is 0 Å². The maximum absolute atomic E-state index is 2.44. The van der Waals surface area contributed by atoms with Crippen LogP contribution in [0.3, 0.4) is 0 Å². The lowest BCUT2D eigenvalue weighted by molar-refractivity contribution is 1.47. The second-order valence-electron chi connectivity index (χ2n) is 25.4. The van der Waals surface area contributed by atoms with E-state index < -0.39 is 0 Å². The van der Waals surface area contributed by atoms with E-state index in [-0.39, 0.29) is 0 Å². The van der Waals surface area contributed by atoms with Gasteiger partial charge in [0, 0.05) is 0 Å². The molecule has 0 saturated heterocycles. The summed E-state index contributed by atoms with van der Waals surface area (Å²) in [5.41, 5.74) is 18.9. The Morgan fingerprint density at radius 1 is 0.137 bits per heavy atom. The number of rotatable bonds is 7. The summed E-state index contributed by atoms with van der Waals surface area (Å²) in [7, 11) is 0. The third-order valence-corrected chi connectivity index (χ3v) is 19.9. The highest BCUT2D eigenvalue weighted by Gasteiger charge is 2.22. The zero-order chi connectivity index (χ0) is 62.9. The van der Waals surface area contributed by atoms with Gasteiger partial charge in [0.05, 0.1) is 0 Å². The van der Waals surface area contributed by atoms with Gasteiger partial charge >= 0.3 is 0 Å². The zero-order valence-corrected chi connectivity index (χ0v) is 52.6. The lowest BCUT2D eigenvalue weighted by atomic mass is 9.83. The first kappa shape index (κ1) is 55.6. The number of hydrogen-bond acceptors (Lipinski definition) is 0. The molecule has 0 unspecified atom stereocenters. The van der Waals surface area contributed by atoms with Crippen LogP contribution in [0.15, 0.2) is 358 Å². The largest absolute Gasteiger partial charge is 0.0616 e. The number of hydrogen-bond donors (Lipinski definition) is 0. The van der Waals surface area contributed by atoms with Crippen LogP contribution in [0.1, 0.15) is 5.56 Å². The Morgan fingerprint density at radius 3 is 0.800 bits per heavy atom. The molecule has 442 valence electrons. The van der Waals surface area contributed by atoms with E-state index in [4.69, 9.17) is 0 Å². The number of aryl methyl sites for hydroxylation is 1. The molecule has 19 aromatic rings. The van der Waals surface area contributed by atoms with Gasteiger partial charge in [0.1, 0.15) is 0 Å². The van der Waals surface area contributed by atoms with Crippen LogP contribution in [-0.4, -0.2) is 0 Å². The molecule has 0 aliphatic carbocycles. The number of fused-ring (bicyclic) bond motifs is 10. The Hall–Kier alpha value is -12.2. The summed E-state index contributed by atoms with van der Waals surface area (Å²) in [5.74, 6) is 0. The third-order valence-electron chi connectivity index (χ3n) is 19.9. The van der Waals surface area contributed by atoms with Crippen molar-refractivity contribution in [2.45, 2.75) is 6.92 Å². The summed E-state index contributed by atoms with van der Waals surface area (Å²) < 4.78 is 0. The highest BCUT2D eigenvalue weighted by atomic mass is 14.3. The average Bonchev–Trinajstić information content (AvgIpc) is 0.749. The molecule has 0 radical (unpaired) electrons. The van der Waals surface area contributed by atoms with Crippen LogP contribution < -0.4 is 0 Å². The molecule has 0 fully saturated rings. The predicted octanol–water partition coefficient (Wildman–Crippen LogP) is 26.9. The summed E-state index contributed by atoms with van der Waals surface area (Å²) >= 11 is 0. The Labute approximate surface area is 552 Å². The SMILES string of the molecule is Cc1ccc(-c2c3ccccc3c(-c3cccc4ccccc34)c3ccccc23)cc1.c1ccc2cc(-c3c4ccccc4c(-c4ccc5ccccc5c4)c4cc(-c5ccc(-c6c7ccccc7c(-c7cccc8ccccc78)c7ccccc67)cc5)ccc34)ccc2c1. The van der Waals surface area contributed by atoms with Gasteiger partial charge in [-0.15, -0.1) is 0 Å². The maximum atomic E-state index is 2.44. The molecule has 0 spiro atoms. The number of benzene rings is 19.